The largest absolute Gasteiger partial charge is 0.490 e. The summed E-state index contributed by atoms with van der Waals surface area (Å²) < 4.78 is 31.0. The third-order valence-corrected chi connectivity index (χ3v) is 2.96. The summed E-state index contributed by atoms with van der Waals surface area (Å²) in [5.74, 6) is -0.519. The highest BCUT2D eigenvalue weighted by Gasteiger charge is 2.29. The summed E-state index contributed by atoms with van der Waals surface area (Å²) in [6, 6.07) is 3.67. The van der Waals surface area contributed by atoms with E-state index in [2.05, 4.69) is 6.92 Å². The second kappa shape index (κ2) is 4.17. The Bertz CT molecular complexity index is 345. The second-order valence-electron chi connectivity index (χ2n) is 4.06. The topological polar surface area (TPSA) is 9.23 Å². The molecule has 1 nitrogen and oxygen atoms in total. The van der Waals surface area contributed by atoms with Crippen LogP contribution in [0, 0.1) is 17.6 Å². The van der Waals surface area contributed by atoms with Crippen molar-refractivity contribution in [1.29, 1.82) is 0 Å². The SMILES string of the molecule is CC[C@H]1C[C@H](Oc2ccc(F)c(F)c2)C1. The van der Waals surface area contributed by atoms with Gasteiger partial charge < -0.3 is 4.74 Å². The summed E-state index contributed by atoms with van der Waals surface area (Å²) in [6.45, 7) is 2.15. The van der Waals surface area contributed by atoms with Crippen LogP contribution in [0.1, 0.15) is 26.2 Å². The van der Waals surface area contributed by atoms with Crippen LogP contribution in [0.25, 0.3) is 0 Å². The van der Waals surface area contributed by atoms with Crippen LogP contribution in [-0.4, -0.2) is 6.10 Å². The van der Waals surface area contributed by atoms with Crippen LogP contribution in [0.4, 0.5) is 8.78 Å². The molecule has 3 heteroatoms. The zero-order chi connectivity index (χ0) is 10.8. The van der Waals surface area contributed by atoms with Gasteiger partial charge in [-0.25, -0.2) is 8.78 Å². The molecule has 0 aliphatic heterocycles. The van der Waals surface area contributed by atoms with E-state index in [4.69, 9.17) is 4.74 Å². The Morgan fingerprint density at radius 2 is 2.00 bits per heavy atom. The Balaban J connectivity index is 1.92. The molecule has 82 valence electrons. The van der Waals surface area contributed by atoms with Gasteiger partial charge in [0.05, 0.1) is 6.10 Å². The zero-order valence-electron chi connectivity index (χ0n) is 8.67. The van der Waals surface area contributed by atoms with Gasteiger partial charge in [-0.2, -0.15) is 0 Å². The van der Waals surface area contributed by atoms with Crippen LogP contribution in [0.3, 0.4) is 0 Å². The van der Waals surface area contributed by atoms with Crippen molar-refractivity contribution < 1.29 is 13.5 Å². The monoisotopic (exact) mass is 212 g/mol. The fourth-order valence-corrected chi connectivity index (χ4v) is 1.85. The van der Waals surface area contributed by atoms with Crippen LogP contribution in [-0.2, 0) is 0 Å². The summed E-state index contributed by atoms with van der Waals surface area (Å²) >= 11 is 0. The lowest BCUT2D eigenvalue weighted by molar-refractivity contribution is 0.0627. The standard InChI is InChI=1S/C12H14F2O/c1-2-8-5-10(6-8)15-9-3-4-11(13)12(14)7-9/h3-4,7-8,10H,2,5-6H2,1H3/t8-,10-. The molecule has 0 amide bonds. The molecule has 1 aliphatic carbocycles. The molecule has 1 aromatic carbocycles. The van der Waals surface area contributed by atoms with Crippen molar-refractivity contribution in [3.8, 4) is 5.75 Å². The van der Waals surface area contributed by atoms with Gasteiger partial charge in [-0.3, -0.25) is 0 Å². The number of halogens is 2. The molecule has 15 heavy (non-hydrogen) atoms. The summed E-state index contributed by atoms with van der Waals surface area (Å²) in [5, 5.41) is 0. The molecule has 2 rings (SSSR count). The predicted molar refractivity (Wildman–Crippen MR) is 53.8 cm³/mol. The van der Waals surface area contributed by atoms with Crippen molar-refractivity contribution in [2.24, 2.45) is 5.92 Å². The maximum Gasteiger partial charge on any atom is 0.162 e. The predicted octanol–water partition coefficient (Wildman–Crippen LogP) is 3.53. The van der Waals surface area contributed by atoms with Gasteiger partial charge in [0, 0.05) is 6.07 Å². The Kier molecular flexibility index (Phi) is 2.89. The fourth-order valence-electron chi connectivity index (χ4n) is 1.85. The van der Waals surface area contributed by atoms with Gasteiger partial charge in [-0.15, -0.1) is 0 Å². The van der Waals surface area contributed by atoms with Gasteiger partial charge in [-0.05, 0) is 30.9 Å². The third-order valence-electron chi connectivity index (χ3n) is 2.96. The molecule has 1 aliphatic rings. The molecule has 1 fully saturated rings. The summed E-state index contributed by atoms with van der Waals surface area (Å²) in [4.78, 5) is 0. The second-order valence-corrected chi connectivity index (χ2v) is 4.06. The van der Waals surface area contributed by atoms with Crippen molar-refractivity contribution in [3.63, 3.8) is 0 Å². The van der Waals surface area contributed by atoms with Crippen molar-refractivity contribution in [2.75, 3.05) is 0 Å². The van der Waals surface area contributed by atoms with Crippen molar-refractivity contribution in [3.05, 3.63) is 29.8 Å². The first kappa shape index (κ1) is 10.4. The molecule has 0 radical (unpaired) electrons. The highest BCUT2D eigenvalue weighted by molar-refractivity contribution is 5.24. The van der Waals surface area contributed by atoms with E-state index in [0.717, 1.165) is 37.3 Å². The molecule has 0 saturated heterocycles. The van der Waals surface area contributed by atoms with Crippen LogP contribution in [0.5, 0.6) is 5.75 Å². The van der Waals surface area contributed by atoms with E-state index in [1.165, 1.54) is 6.07 Å². The lowest BCUT2D eigenvalue weighted by Crippen LogP contribution is -2.33. The maximum atomic E-state index is 12.8. The molecule has 0 heterocycles. The number of hydrogen-bond donors (Lipinski definition) is 0. The number of ether oxygens (including phenoxy) is 1. The van der Waals surface area contributed by atoms with E-state index in [-0.39, 0.29) is 6.10 Å². The molecule has 0 N–H and O–H groups in total. The Labute approximate surface area is 88.1 Å². The quantitative estimate of drug-likeness (QED) is 0.744. The van der Waals surface area contributed by atoms with E-state index in [1.54, 1.807) is 0 Å². The van der Waals surface area contributed by atoms with E-state index in [1.807, 2.05) is 0 Å². The fraction of sp³-hybridized carbons (Fsp3) is 0.500. The average molecular weight is 212 g/mol. The number of rotatable bonds is 3. The minimum atomic E-state index is -0.848. The van der Waals surface area contributed by atoms with E-state index >= 15 is 0 Å². The smallest absolute Gasteiger partial charge is 0.162 e. The Hall–Kier alpha value is -1.12. The molecule has 1 saturated carbocycles. The Morgan fingerprint density at radius 1 is 1.27 bits per heavy atom. The first-order valence-corrected chi connectivity index (χ1v) is 5.30. The minimum Gasteiger partial charge on any atom is -0.490 e. The molecule has 0 unspecified atom stereocenters. The van der Waals surface area contributed by atoms with Crippen LogP contribution < -0.4 is 4.74 Å². The lowest BCUT2D eigenvalue weighted by atomic mass is 9.80. The van der Waals surface area contributed by atoms with E-state index in [0.29, 0.717) is 5.75 Å². The van der Waals surface area contributed by atoms with E-state index < -0.39 is 11.6 Å². The molecular formula is C12H14F2O. The van der Waals surface area contributed by atoms with Crippen molar-refractivity contribution in [2.45, 2.75) is 32.3 Å². The molecule has 0 bridgehead atoms. The van der Waals surface area contributed by atoms with E-state index in [9.17, 15) is 8.78 Å². The van der Waals surface area contributed by atoms with Gasteiger partial charge in [0.15, 0.2) is 11.6 Å². The minimum absolute atomic E-state index is 0.180. The molecule has 0 aromatic heterocycles. The highest BCUT2D eigenvalue weighted by Crippen LogP contribution is 2.33. The molecule has 1 aromatic rings. The van der Waals surface area contributed by atoms with Gasteiger partial charge in [0.1, 0.15) is 5.75 Å². The summed E-state index contributed by atoms with van der Waals surface area (Å²) in [7, 11) is 0. The highest BCUT2D eigenvalue weighted by atomic mass is 19.2. The van der Waals surface area contributed by atoms with Gasteiger partial charge in [-0.1, -0.05) is 13.3 Å². The van der Waals surface area contributed by atoms with Crippen molar-refractivity contribution in [1.82, 2.24) is 0 Å². The van der Waals surface area contributed by atoms with Crippen LogP contribution in [0.15, 0.2) is 18.2 Å². The lowest BCUT2D eigenvalue weighted by Gasteiger charge is -2.34. The first-order valence-electron chi connectivity index (χ1n) is 5.30. The van der Waals surface area contributed by atoms with Gasteiger partial charge >= 0.3 is 0 Å². The molecular weight excluding hydrogens is 198 g/mol. The first-order chi connectivity index (χ1) is 7.19. The number of hydrogen-bond acceptors (Lipinski definition) is 1. The maximum absolute atomic E-state index is 12.8. The number of benzene rings is 1. The van der Waals surface area contributed by atoms with Crippen molar-refractivity contribution >= 4 is 0 Å². The van der Waals surface area contributed by atoms with Gasteiger partial charge in [0.2, 0.25) is 0 Å². The Morgan fingerprint density at radius 3 is 2.60 bits per heavy atom. The molecule has 0 atom stereocenters. The normalized spacial score (nSPS) is 24.7. The van der Waals surface area contributed by atoms with Crippen LogP contribution >= 0.6 is 0 Å². The zero-order valence-corrected chi connectivity index (χ0v) is 8.67. The summed E-state index contributed by atoms with van der Waals surface area (Å²) in [5.41, 5.74) is 0. The third kappa shape index (κ3) is 2.28. The summed E-state index contributed by atoms with van der Waals surface area (Å²) in [6.07, 6.45) is 3.39. The van der Waals surface area contributed by atoms with Gasteiger partial charge in [0.25, 0.3) is 0 Å². The molecule has 0 spiro atoms. The average Bonchev–Trinajstić information content (AvgIpc) is 2.16. The van der Waals surface area contributed by atoms with Crippen LogP contribution in [0.2, 0.25) is 0 Å².